The van der Waals surface area contributed by atoms with Crippen LogP contribution < -0.4 is 9.47 Å². The van der Waals surface area contributed by atoms with Crippen molar-refractivity contribution >= 4 is 17.4 Å². The molecule has 1 unspecified atom stereocenters. The fourth-order valence-corrected chi connectivity index (χ4v) is 3.14. The molecule has 0 saturated heterocycles. The largest absolute Gasteiger partial charge is 0.484 e. The van der Waals surface area contributed by atoms with Crippen molar-refractivity contribution in [3.05, 3.63) is 58.1 Å². The van der Waals surface area contributed by atoms with Gasteiger partial charge in [-0.15, -0.1) is 0 Å². The number of carbonyl (C=O) groups excluding carboxylic acids is 1. The van der Waals surface area contributed by atoms with E-state index >= 15 is 0 Å². The number of hydrogen-bond acceptors (Lipinski definition) is 4. The van der Waals surface area contributed by atoms with Crippen LogP contribution in [0, 0.1) is 0 Å². The number of ether oxygens (including phenoxy) is 3. The minimum Gasteiger partial charge on any atom is -0.484 e. The first kappa shape index (κ1) is 13.6. The van der Waals surface area contributed by atoms with Crippen LogP contribution in [0.25, 0.3) is 0 Å². The van der Waals surface area contributed by atoms with Crippen molar-refractivity contribution in [3.63, 3.8) is 0 Å². The Hall–Kier alpha value is -2.04. The van der Waals surface area contributed by atoms with Crippen molar-refractivity contribution in [2.24, 2.45) is 0 Å². The average Bonchev–Trinajstić information content (AvgIpc) is 2.54. The molecule has 2 heterocycles. The van der Waals surface area contributed by atoms with E-state index < -0.39 is 6.10 Å². The standard InChI is InChI=1S/C17H13ClO4/c18-11-5-10-8-20-9-21-17(10)13(6-11)16-7-14(19)12-3-1-2-4-15(12)22-16/h1-6,16H,7-9H2. The molecular formula is C17H13ClO4. The quantitative estimate of drug-likeness (QED) is 0.800. The lowest BCUT2D eigenvalue weighted by atomic mass is 9.94. The molecule has 22 heavy (non-hydrogen) atoms. The molecule has 4 nitrogen and oxygen atoms in total. The number of benzene rings is 2. The summed E-state index contributed by atoms with van der Waals surface area (Å²) in [6.07, 6.45) is -0.124. The lowest BCUT2D eigenvalue weighted by Gasteiger charge is -2.29. The van der Waals surface area contributed by atoms with E-state index in [4.69, 9.17) is 25.8 Å². The maximum Gasteiger partial charge on any atom is 0.189 e. The maximum absolute atomic E-state index is 12.3. The van der Waals surface area contributed by atoms with Crippen LogP contribution in [-0.4, -0.2) is 12.6 Å². The molecule has 2 aliphatic rings. The van der Waals surface area contributed by atoms with Crippen molar-refractivity contribution in [1.82, 2.24) is 0 Å². The SMILES string of the molecule is O=C1CC(c2cc(Cl)cc3c2OCOC3)Oc2ccccc21. The molecule has 2 aromatic carbocycles. The van der Waals surface area contributed by atoms with Crippen molar-refractivity contribution in [2.75, 3.05) is 6.79 Å². The Labute approximate surface area is 132 Å². The van der Waals surface area contributed by atoms with E-state index in [9.17, 15) is 4.79 Å². The number of carbonyl (C=O) groups is 1. The van der Waals surface area contributed by atoms with Crippen molar-refractivity contribution in [1.29, 1.82) is 0 Å². The van der Waals surface area contributed by atoms with Gasteiger partial charge in [0.1, 0.15) is 17.6 Å². The number of hydrogen-bond donors (Lipinski definition) is 0. The van der Waals surface area contributed by atoms with E-state index in [-0.39, 0.29) is 19.0 Å². The second-order valence-electron chi connectivity index (χ2n) is 5.32. The van der Waals surface area contributed by atoms with E-state index in [1.807, 2.05) is 18.2 Å². The highest BCUT2D eigenvalue weighted by Crippen LogP contribution is 2.41. The Balaban J connectivity index is 1.78. The molecule has 2 aliphatic heterocycles. The summed E-state index contributed by atoms with van der Waals surface area (Å²) in [5.41, 5.74) is 2.30. The van der Waals surface area contributed by atoms with E-state index in [0.717, 1.165) is 11.1 Å². The van der Waals surface area contributed by atoms with Gasteiger partial charge in [-0.25, -0.2) is 0 Å². The highest BCUT2D eigenvalue weighted by Gasteiger charge is 2.31. The normalized spacial score (nSPS) is 19.7. The summed E-state index contributed by atoms with van der Waals surface area (Å²) in [5.74, 6) is 1.38. The summed E-state index contributed by atoms with van der Waals surface area (Å²) in [6.45, 7) is 0.638. The van der Waals surface area contributed by atoms with Gasteiger partial charge in [-0.1, -0.05) is 23.7 Å². The van der Waals surface area contributed by atoms with E-state index in [2.05, 4.69) is 0 Å². The van der Waals surface area contributed by atoms with Gasteiger partial charge in [-0.05, 0) is 24.3 Å². The maximum atomic E-state index is 12.3. The fraction of sp³-hybridized carbons (Fsp3) is 0.235. The second kappa shape index (κ2) is 5.30. The summed E-state index contributed by atoms with van der Waals surface area (Å²) in [6, 6.07) is 10.9. The molecule has 0 amide bonds. The Bertz CT molecular complexity index is 756. The molecule has 0 bridgehead atoms. The molecular weight excluding hydrogens is 304 g/mol. The Morgan fingerprint density at radius 1 is 1.18 bits per heavy atom. The molecule has 0 saturated carbocycles. The fourth-order valence-electron chi connectivity index (χ4n) is 2.89. The molecule has 1 atom stereocenters. The van der Waals surface area contributed by atoms with E-state index in [1.165, 1.54) is 0 Å². The Morgan fingerprint density at radius 3 is 2.95 bits per heavy atom. The monoisotopic (exact) mass is 316 g/mol. The minimum atomic E-state index is -0.395. The van der Waals surface area contributed by atoms with Gasteiger partial charge >= 0.3 is 0 Å². The van der Waals surface area contributed by atoms with Gasteiger partial charge in [-0.3, -0.25) is 4.79 Å². The third-order valence-corrected chi connectivity index (χ3v) is 4.10. The molecule has 0 radical (unpaired) electrons. The van der Waals surface area contributed by atoms with Gasteiger partial charge in [0.05, 0.1) is 18.6 Å². The highest BCUT2D eigenvalue weighted by atomic mass is 35.5. The molecule has 112 valence electrons. The van der Waals surface area contributed by atoms with Crippen molar-refractivity contribution in [2.45, 2.75) is 19.1 Å². The first-order valence-electron chi connectivity index (χ1n) is 7.04. The lowest BCUT2D eigenvalue weighted by molar-refractivity contribution is -0.0183. The van der Waals surface area contributed by atoms with Crippen LogP contribution in [-0.2, 0) is 11.3 Å². The Kier molecular flexibility index (Phi) is 3.28. The molecule has 0 spiro atoms. The van der Waals surface area contributed by atoms with Crippen LogP contribution in [0.4, 0.5) is 0 Å². The van der Waals surface area contributed by atoms with Crippen LogP contribution in [0.1, 0.15) is 34.0 Å². The molecule has 5 heteroatoms. The average molecular weight is 317 g/mol. The number of rotatable bonds is 1. The van der Waals surface area contributed by atoms with Gasteiger partial charge in [0.25, 0.3) is 0 Å². The first-order chi connectivity index (χ1) is 10.7. The molecule has 2 aromatic rings. The summed E-state index contributed by atoms with van der Waals surface area (Å²) >= 11 is 6.19. The van der Waals surface area contributed by atoms with Crippen LogP contribution in [0.2, 0.25) is 5.02 Å². The van der Waals surface area contributed by atoms with Crippen LogP contribution >= 0.6 is 11.6 Å². The zero-order chi connectivity index (χ0) is 15.1. The Morgan fingerprint density at radius 2 is 2.05 bits per heavy atom. The second-order valence-corrected chi connectivity index (χ2v) is 5.76. The van der Waals surface area contributed by atoms with Gasteiger partial charge in [-0.2, -0.15) is 0 Å². The minimum absolute atomic E-state index is 0.0626. The number of ketones is 1. The first-order valence-corrected chi connectivity index (χ1v) is 7.42. The van der Waals surface area contributed by atoms with E-state index in [0.29, 0.717) is 28.7 Å². The molecule has 0 N–H and O–H groups in total. The number of fused-ring (bicyclic) bond motifs is 2. The summed E-state index contributed by atoms with van der Waals surface area (Å²) in [5, 5.41) is 0.581. The van der Waals surface area contributed by atoms with Gasteiger partial charge < -0.3 is 14.2 Å². The highest BCUT2D eigenvalue weighted by molar-refractivity contribution is 6.30. The number of para-hydroxylation sites is 1. The molecule has 0 fully saturated rings. The zero-order valence-corrected chi connectivity index (χ0v) is 12.4. The van der Waals surface area contributed by atoms with Crippen LogP contribution in [0.3, 0.4) is 0 Å². The van der Waals surface area contributed by atoms with Crippen molar-refractivity contribution in [3.8, 4) is 11.5 Å². The van der Waals surface area contributed by atoms with Gasteiger partial charge in [0.2, 0.25) is 0 Å². The van der Waals surface area contributed by atoms with Crippen molar-refractivity contribution < 1.29 is 19.0 Å². The predicted molar refractivity (Wildman–Crippen MR) is 80.5 cm³/mol. The predicted octanol–water partition coefficient (Wildman–Crippen LogP) is 3.91. The summed E-state index contributed by atoms with van der Waals surface area (Å²) in [4.78, 5) is 12.3. The van der Waals surface area contributed by atoms with E-state index in [1.54, 1.807) is 18.2 Å². The van der Waals surface area contributed by atoms with Gasteiger partial charge in [0.15, 0.2) is 12.6 Å². The third-order valence-electron chi connectivity index (χ3n) is 3.88. The molecule has 4 rings (SSSR count). The summed E-state index contributed by atoms with van der Waals surface area (Å²) < 4.78 is 16.9. The number of Topliss-reactive ketones (excluding diaryl/α,β-unsaturated/α-hetero) is 1. The third kappa shape index (κ3) is 2.25. The van der Waals surface area contributed by atoms with Crippen LogP contribution in [0.15, 0.2) is 36.4 Å². The lowest BCUT2D eigenvalue weighted by Crippen LogP contribution is -2.22. The smallest absolute Gasteiger partial charge is 0.189 e. The topological polar surface area (TPSA) is 44.8 Å². The summed E-state index contributed by atoms with van der Waals surface area (Å²) in [7, 11) is 0. The van der Waals surface area contributed by atoms with Gasteiger partial charge in [0, 0.05) is 16.1 Å². The van der Waals surface area contributed by atoms with Crippen LogP contribution in [0.5, 0.6) is 11.5 Å². The molecule has 0 aromatic heterocycles. The molecule has 0 aliphatic carbocycles. The number of halogens is 1. The zero-order valence-electron chi connectivity index (χ0n) is 11.7.